The Labute approximate surface area is 157 Å². The van der Waals surface area contributed by atoms with Crippen molar-refractivity contribution in [3.8, 4) is 0 Å². The molecule has 1 fully saturated rings. The molecule has 3 heterocycles. The van der Waals surface area contributed by atoms with Gasteiger partial charge in [-0.05, 0) is 55.2 Å². The van der Waals surface area contributed by atoms with Crippen molar-refractivity contribution in [1.82, 2.24) is 15.2 Å². The Morgan fingerprint density at radius 2 is 1.93 bits per heavy atom. The topological polar surface area (TPSA) is 48.1 Å². The summed E-state index contributed by atoms with van der Waals surface area (Å²) < 4.78 is 13.1. The Balaban J connectivity index is 1.37. The highest BCUT2D eigenvalue weighted by Crippen LogP contribution is 2.39. The number of piperidine rings is 1. The van der Waals surface area contributed by atoms with Gasteiger partial charge in [0.15, 0.2) is 0 Å². The number of rotatable bonds is 2. The zero-order valence-electron chi connectivity index (χ0n) is 15.0. The number of para-hydroxylation sites is 1. The number of hydrogen-bond donors (Lipinski definition) is 2. The van der Waals surface area contributed by atoms with E-state index < -0.39 is 0 Å². The Kier molecular flexibility index (Phi) is 3.97. The first-order chi connectivity index (χ1) is 13.2. The van der Waals surface area contributed by atoms with Crippen LogP contribution in [0, 0.1) is 5.82 Å². The SMILES string of the molecule is O=C(N[C@@H]1CCN2CCc3c([nH]c4ccccc34)[C@@H]2C1)c1ccc(F)cc1. The zero-order chi connectivity index (χ0) is 18.4. The third-order valence-corrected chi connectivity index (χ3v) is 5.98. The molecule has 27 heavy (non-hydrogen) atoms. The summed E-state index contributed by atoms with van der Waals surface area (Å²) in [5.74, 6) is -0.450. The molecule has 0 aliphatic carbocycles. The van der Waals surface area contributed by atoms with Crippen LogP contribution >= 0.6 is 0 Å². The van der Waals surface area contributed by atoms with Crippen molar-refractivity contribution in [3.05, 3.63) is 71.2 Å². The second-order valence-electron chi connectivity index (χ2n) is 7.57. The number of nitrogens with one attached hydrogen (secondary N) is 2. The van der Waals surface area contributed by atoms with Gasteiger partial charge in [0.25, 0.3) is 5.91 Å². The molecular formula is C22H22FN3O. The fraction of sp³-hybridized carbons (Fsp3) is 0.318. The van der Waals surface area contributed by atoms with E-state index in [4.69, 9.17) is 0 Å². The number of fused-ring (bicyclic) bond motifs is 5. The maximum Gasteiger partial charge on any atom is 0.251 e. The first-order valence-corrected chi connectivity index (χ1v) is 9.59. The number of halogens is 1. The summed E-state index contributed by atoms with van der Waals surface area (Å²) in [4.78, 5) is 18.7. The molecule has 0 spiro atoms. The quantitative estimate of drug-likeness (QED) is 0.728. The second kappa shape index (κ2) is 6.50. The summed E-state index contributed by atoms with van der Waals surface area (Å²) in [6, 6.07) is 14.7. The largest absolute Gasteiger partial charge is 0.357 e. The van der Waals surface area contributed by atoms with E-state index in [1.807, 2.05) is 0 Å². The molecule has 2 atom stereocenters. The van der Waals surface area contributed by atoms with E-state index in [1.54, 1.807) is 0 Å². The Hall–Kier alpha value is -2.66. The predicted molar refractivity (Wildman–Crippen MR) is 103 cm³/mol. The molecule has 2 aliphatic rings. The van der Waals surface area contributed by atoms with Gasteiger partial charge in [-0.2, -0.15) is 0 Å². The number of aromatic nitrogens is 1. The lowest BCUT2D eigenvalue weighted by Gasteiger charge is -2.42. The molecule has 5 heteroatoms. The average molecular weight is 363 g/mol. The van der Waals surface area contributed by atoms with Crippen LogP contribution in [0.15, 0.2) is 48.5 Å². The number of H-pyrrole nitrogens is 1. The van der Waals surface area contributed by atoms with E-state index >= 15 is 0 Å². The van der Waals surface area contributed by atoms with E-state index in [1.165, 1.54) is 46.4 Å². The highest BCUT2D eigenvalue weighted by atomic mass is 19.1. The molecule has 1 aromatic heterocycles. The molecular weight excluding hydrogens is 341 g/mol. The molecule has 2 N–H and O–H groups in total. The minimum atomic E-state index is -0.326. The summed E-state index contributed by atoms with van der Waals surface area (Å²) in [7, 11) is 0. The zero-order valence-corrected chi connectivity index (χ0v) is 15.0. The molecule has 3 aromatic rings. The van der Waals surface area contributed by atoms with E-state index in [-0.39, 0.29) is 17.8 Å². The third kappa shape index (κ3) is 2.92. The number of aromatic amines is 1. The van der Waals surface area contributed by atoms with Crippen molar-refractivity contribution in [1.29, 1.82) is 0 Å². The van der Waals surface area contributed by atoms with Gasteiger partial charge in [-0.15, -0.1) is 0 Å². The molecule has 138 valence electrons. The van der Waals surface area contributed by atoms with E-state index in [9.17, 15) is 9.18 Å². The van der Waals surface area contributed by atoms with Gasteiger partial charge in [0.1, 0.15) is 5.82 Å². The van der Waals surface area contributed by atoms with Crippen LogP contribution in [-0.2, 0) is 6.42 Å². The van der Waals surface area contributed by atoms with Crippen molar-refractivity contribution in [2.75, 3.05) is 13.1 Å². The van der Waals surface area contributed by atoms with Gasteiger partial charge in [-0.3, -0.25) is 9.69 Å². The normalized spacial score (nSPS) is 22.3. The molecule has 0 radical (unpaired) electrons. The molecule has 2 aliphatic heterocycles. The summed E-state index contributed by atoms with van der Waals surface area (Å²) >= 11 is 0. The van der Waals surface area contributed by atoms with Crippen LogP contribution in [0.5, 0.6) is 0 Å². The lowest BCUT2D eigenvalue weighted by molar-refractivity contribution is 0.0839. The van der Waals surface area contributed by atoms with Crippen LogP contribution in [0.1, 0.15) is 40.5 Å². The van der Waals surface area contributed by atoms with Crippen LogP contribution < -0.4 is 5.32 Å². The van der Waals surface area contributed by atoms with Crippen molar-refractivity contribution in [2.24, 2.45) is 0 Å². The van der Waals surface area contributed by atoms with E-state index in [0.717, 1.165) is 32.4 Å². The lowest BCUT2D eigenvalue weighted by atomic mass is 9.88. The molecule has 1 amide bonds. The molecule has 1 saturated heterocycles. The number of benzene rings is 2. The highest BCUT2D eigenvalue weighted by molar-refractivity contribution is 5.94. The maximum atomic E-state index is 13.1. The van der Waals surface area contributed by atoms with Crippen molar-refractivity contribution in [2.45, 2.75) is 31.3 Å². The van der Waals surface area contributed by atoms with Gasteiger partial charge in [0.05, 0.1) is 6.04 Å². The van der Waals surface area contributed by atoms with Gasteiger partial charge < -0.3 is 10.3 Å². The van der Waals surface area contributed by atoms with Crippen molar-refractivity contribution in [3.63, 3.8) is 0 Å². The van der Waals surface area contributed by atoms with Crippen molar-refractivity contribution < 1.29 is 9.18 Å². The van der Waals surface area contributed by atoms with Crippen LogP contribution in [-0.4, -0.2) is 34.9 Å². The minimum Gasteiger partial charge on any atom is -0.357 e. The summed E-state index contributed by atoms with van der Waals surface area (Å²) in [5, 5.41) is 4.47. The molecule has 5 rings (SSSR count). The number of nitrogens with zero attached hydrogens (tertiary/aromatic N) is 1. The van der Waals surface area contributed by atoms with Gasteiger partial charge in [0.2, 0.25) is 0 Å². The van der Waals surface area contributed by atoms with E-state index in [2.05, 4.69) is 39.5 Å². The van der Waals surface area contributed by atoms with E-state index in [0.29, 0.717) is 11.6 Å². The second-order valence-corrected chi connectivity index (χ2v) is 7.57. The van der Waals surface area contributed by atoms with Crippen LogP contribution in [0.3, 0.4) is 0 Å². The summed E-state index contributed by atoms with van der Waals surface area (Å²) in [6.07, 6.45) is 2.91. The Morgan fingerprint density at radius 3 is 2.78 bits per heavy atom. The molecule has 0 saturated carbocycles. The predicted octanol–water partition coefficient (Wildman–Crippen LogP) is 3.80. The fourth-order valence-corrected chi connectivity index (χ4v) is 4.61. The van der Waals surface area contributed by atoms with Crippen LogP contribution in [0.2, 0.25) is 0 Å². The molecule has 2 aromatic carbocycles. The number of carbonyl (C=O) groups is 1. The lowest BCUT2D eigenvalue weighted by Crippen LogP contribution is -2.48. The highest BCUT2D eigenvalue weighted by Gasteiger charge is 2.35. The first-order valence-electron chi connectivity index (χ1n) is 9.59. The smallest absolute Gasteiger partial charge is 0.251 e. The first kappa shape index (κ1) is 16.5. The third-order valence-electron chi connectivity index (χ3n) is 5.98. The summed E-state index contributed by atoms with van der Waals surface area (Å²) in [5.41, 5.74) is 4.44. The fourth-order valence-electron chi connectivity index (χ4n) is 4.61. The number of hydrogen-bond acceptors (Lipinski definition) is 2. The molecule has 4 nitrogen and oxygen atoms in total. The van der Waals surface area contributed by atoms with Crippen LogP contribution in [0.4, 0.5) is 4.39 Å². The Morgan fingerprint density at radius 1 is 1.11 bits per heavy atom. The number of amides is 1. The van der Waals surface area contributed by atoms with Crippen LogP contribution in [0.25, 0.3) is 10.9 Å². The maximum absolute atomic E-state index is 13.1. The average Bonchev–Trinajstić information content (AvgIpc) is 3.08. The standard InChI is InChI=1S/C22H22FN3O/c23-15-7-5-14(6-8-15)22(27)24-16-9-11-26-12-10-18-17-3-1-2-4-19(17)25-21(18)20(26)13-16/h1-8,16,20,25H,9-13H2,(H,24,27)/t16-,20+/m1/s1. The van der Waals surface area contributed by atoms with Gasteiger partial charge in [0, 0.05) is 41.3 Å². The number of carbonyl (C=O) groups excluding carboxylic acids is 1. The molecule has 0 bridgehead atoms. The Bertz CT molecular complexity index is 994. The summed E-state index contributed by atoms with van der Waals surface area (Å²) in [6.45, 7) is 2.05. The minimum absolute atomic E-state index is 0.124. The van der Waals surface area contributed by atoms with Gasteiger partial charge in [-0.25, -0.2) is 4.39 Å². The van der Waals surface area contributed by atoms with Gasteiger partial charge in [-0.1, -0.05) is 18.2 Å². The van der Waals surface area contributed by atoms with Gasteiger partial charge >= 0.3 is 0 Å². The molecule has 0 unspecified atom stereocenters. The monoisotopic (exact) mass is 363 g/mol. The van der Waals surface area contributed by atoms with Crippen molar-refractivity contribution >= 4 is 16.8 Å².